The van der Waals surface area contributed by atoms with Crippen LogP contribution in [0.25, 0.3) is 0 Å². The molecule has 11 heteroatoms. The first-order valence-corrected chi connectivity index (χ1v) is 11.4. The van der Waals surface area contributed by atoms with Gasteiger partial charge in [-0.25, -0.2) is 12.7 Å². The molecule has 2 aromatic carbocycles. The molecule has 1 amide bonds. The summed E-state index contributed by atoms with van der Waals surface area (Å²) in [6.07, 6.45) is 0.664. The molecule has 0 aromatic heterocycles. The fourth-order valence-corrected chi connectivity index (χ4v) is 3.88. The Morgan fingerprint density at radius 3 is 2.40 bits per heavy atom. The van der Waals surface area contributed by atoms with E-state index in [-0.39, 0.29) is 22.3 Å². The summed E-state index contributed by atoms with van der Waals surface area (Å²) in [6.45, 7) is 0.302. The van der Waals surface area contributed by atoms with Crippen LogP contribution in [0.2, 0.25) is 10.0 Å². The average Bonchev–Trinajstić information content (AvgIpc) is 2.66. The molecule has 0 heterocycles. The Morgan fingerprint density at radius 1 is 1.13 bits per heavy atom. The van der Waals surface area contributed by atoms with Crippen molar-refractivity contribution in [1.82, 2.24) is 9.62 Å². The maximum absolute atomic E-state index is 12.1. The van der Waals surface area contributed by atoms with Crippen molar-refractivity contribution < 1.29 is 17.9 Å². The number of benzene rings is 2. The molecular formula is C19H21Cl2N3O4S2. The molecule has 0 unspecified atom stereocenters. The zero-order chi connectivity index (χ0) is 22.3. The number of nitrogens with one attached hydrogen (secondary N) is 2. The van der Waals surface area contributed by atoms with Crippen LogP contribution in [-0.2, 0) is 14.8 Å². The van der Waals surface area contributed by atoms with Gasteiger partial charge in [-0.3, -0.25) is 4.79 Å². The summed E-state index contributed by atoms with van der Waals surface area (Å²) in [5.41, 5.74) is 0.554. The molecule has 0 spiro atoms. The second kappa shape index (κ2) is 10.9. The number of anilines is 1. The van der Waals surface area contributed by atoms with Gasteiger partial charge in [-0.05, 0) is 61.1 Å². The number of carbonyl (C=O) groups excluding carboxylic acids is 1. The first-order valence-electron chi connectivity index (χ1n) is 8.81. The maximum Gasteiger partial charge on any atom is 0.242 e. The number of amides is 1. The van der Waals surface area contributed by atoms with Crippen molar-refractivity contribution in [3.8, 4) is 5.75 Å². The average molecular weight is 490 g/mol. The number of hydrogen-bond acceptors (Lipinski definition) is 5. The van der Waals surface area contributed by atoms with Crippen LogP contribution < -0.4 is 15.4 Å². The smallest absolute Gasteiger partial charge is 0.242 e. The summed E-state index contributed by atoms with van der Waals surface area (Å²) in [6, 6.07) is 11.0. The second-order valence-electron chi connectivity index (χ2n) is 6.34. The van der Waals surface area contributed by atoms with E-state index in [0.717, 1.165) is 4.31 Å². The van der Waals surface area contributed by atoms with Crippen LogP contribution >= 0.6 is 35.4 Å². The zero-order valence-electron chi connectivity index (χ0n) is 16.3. The summed E-state index contributed by atoms with van der Waals surface area (Å²) in [5, 5.41) is 6.44. The molecule has 0 aliphatic heterocycles. The lowest BCUT2D eigenvalue weighted by molar-refractivity contribution is -0.119. The number of ether oxygens (including phenoxy) is 1. The Kier molecular flexibility index (Phi) is 8.87. The van der Waals surface area contributed by atoms with E-state index in [9.17, 15) is 13.2 Å². The fraction of sp³-hybridized carbons (Fsp3) is 0.263. The summed E-state index contributed by atoms with van der Waals surface area (Å²) in [7, 11) is -0.584. The van der Waals surface area contributed by atoms with Crippen molar-refractivity contribution in [1.29, 1.82) is 0 Å². The van der Waals surface area contributed by atoms with Gasteiger partial charge in [0.2, 0.25) is 15.9 Å². The first-order chi connectivity index (χ1) is 14.1. The fourth-order valence-electron chi connectivity index (χ4n) is 2.28. The van der Waals surface area contributed by atoms with Crippen molar-refractivity contribution in [2.45, 2.75) is 17.7 Å². The molecule has 0 bridgehead atoms. The molecule has 162 valence electrons. The van der Waals surface area contributed by atoms with E-state index in [1.807, 2.05) is 0 Å². The van der Waals surface area contributed by atoms with Gasteiger partial charge in [-0.1, -0.05) is 23.2 Å². The highest BCUT2D eigenvalue weighted by Crippen LogP contribution is 2.27. The van der Waals surface area contributed by atoms with E-state index in [2.05, 4.69) is 10.6 Å². The Balaban J connectivity index is 1.76. The van der Waals surface area contributed by atoms with E-state index in [1.165, 1.54) is 26.2 Å². The quantitative estimate of drug-likeness (QED) is 0.431. The minimum atomic E-state index is -3.50. The molecule has 30 heavy (non-hydrogen) atoms. The molecule has 0 radical (unpaired) electrons. The predicted octanol–water partition coefficient (Wildman–Crippen LogP) is 3.92. The first kappa shape index (κ1) is 24.4. The van der Waals surface area contributed by atoms with Crippen LogP contribution in [0.4, 0.5) is 5.69 Å². The van der Waals surface area contributed by atoms with Crippen LogP contribution in [0.15, 0.2) is 47.4 Å². The molecule has 0 fully saturated rings. The summed E-state index contributed by atoms with van der Waals surface area (Å²) in [4.78, 5) is 12.2. The summed E-state index contributed by atoms with van der Waals surface area (Å²) in [5.74, 6) is 0.225. The Morgan fingerprint density at radius 2 is 1.80 bits per heavy atom. The lowest BCUT2D eigenvalue weighted by Gasteiger charge is -2.13. The second-order valence-corrected chi connectivity index (χ2v) is 9.74. The van der Waals surface area contributed by atoms with Crippen LogP contribution in [-0.4, -0.2) is 44.4 Å². The predicted molar refractivity (Wildman–Crippen MR) is 123 cm³/mol. The maximum atomic E-state index is 12.1. The Labute approximate surface area is 191 Å². The van der Waals surface area contributed by atoms with Crippen molar-refractivity contribution in [2.75, 3.05) is 26.0 Å². The van der Waals surface area contributed by atoms with Gasteiger partial charge in [0.05, 0.1) is 16.5 Å². The largest absolute Gasteiger partial charge is 0.492 e. The van der Waals surface area contributed by atoms with E-state index in [0.29, 0.717) is 34.5 Å². The third-order valence-electron chi connectivity index (χ3n) is 3.84. The van der Waals surface area contributed by atoms with Gasteiger partial charge in [0, 0.05) is 31.2 Å². The number of nitrogens with zero attached hydrogens (tertiary/aromatic N) is 1. The van der Waals surface area contributed by atoms with Crippen LogP contribution in [0.5, 0.6) is 5.75 Å². The normalized spacial score (nSPS) is 11.2. The Hall–Kier alpha value is -1.91. The molecule has 0 atom stereocenters. The van der Waals surface area contributed by atoms with E-state index in [1.54, 1.807) is 30.3 Å². The van der Waals surface area contributed by atoms with Crippen LogP contribution in [0.3, 0.4) is 0 Å². The summed E-state index contributed by atoms with van der Waals surface area (Å²) < 4.78 is 30.8. The SMILES string of the molecule is CN(C)S(=O)(=O)c1ccc(NC(=S)NC(=O)CCCOc2ccc(Cl)cc2Cl)cc1. The van der Waals surface area contributed by atoms with Crippen molar-refractivity contribution in [3.05, 3.63) is 52.5 Å². The third kappa shape index (κ3) is 7.10. The number of halogens is 2. The highest BCUT2D eigenvalue weighted by molar-refractivity contribution is 7.89. The summed E-state index contributed by atoms with van der Waals surface area (Å²) >= 11 is 17.0. The number of hydrogen-bond donors (Lipinski definition) is 2. The number of thiocarbonyl (C=S) groups is 1. The number of carbonyl (C=O) groups is 1. The van der Waals surface area contributed by atoms with Gasteiger partial charge in [0.1, 0.15) is 5.75 Å². The highest BCUT2D eigenvalue weighted by atomic mass is 35.5. The van der Waals surface area contributed by atoms with E-state index in [4.69, 9.17) is 40.2 Å². The molecule has 2 N–H and O–H groups in total. The number of rotatable bonds is 8. The van der Waals surface area contributed by atoms with Gasteiger partial charge >= 0.3 is 0 Å². The van der Waals surface area contributed by atoms with E-state index < -0.39 is 10.0 Å². The third-order valence-corrected chi connectivity index (χ3v) is 6.41. The van der Waals surface area contributed by atoms with Crippen molar-refractivity contribution >= 4 is 62.2 Å². The zero-order valence-corrected chi connectivity index (χ0v) is 19.5. The minimum Gasteiger partial charge on any atom is -0.492 e. The lowest BCUT2D eigenvalue weighted by Crippen LogP contribution is -2.34. The van der Waals surface area contributed by atoms with E-state index >= 15 is 0 Å². The van der Waals surface area contributed by atoms with Gasteiger partial charge < -0.3 is 15.4 Å². The lowest BCUT2D eigenvalue weighted by atomic mass is 10.3. The van der Waals surface area contributed by atoms with Gasteiger partial charge in [0.25, 0.3) is 0 Å². The highest BCUT2D eigenvalue weighted by Gasteiger charge is 2.16. The standard InChI is InChI=1S/C19H21Cl2N3O4S2/c1-24(2)30(26,27)15-8-6-14(7-9-15)22-19(29)23-18(25)4-3-11-28-17-10-5-13(20)12-16(17)21/h5-10,12H,3-4,11H2,1-2H3,(H2,22,23,25,29). The van der Waals surface area contributed by atoms with Crippen molar-refractivity contribution in [2.24, 2.45) is 0 Å². The molecule has 2 aromatic rings. The van der Waals surface area contributed by atoms with Gasteiger partial charge in [-0.15, -0.1) is 0 Å². The minimum absolute atomic E-state index is 0.116. The molecule has 7 nitrogen and oxygen atoms in total. The van der Waals surface area contributed by atoms with Crippen LogP contribution in [0.1, 0.15) is 12.8 Å². The molecular weight excluding hydrogens is 469 g/mol. The van der Waals surface area contributed by atoms with Gasteiger partial charge in [-0.2, -0.15) is 0 Å². The monoisotopic (exact) mass is 489 g/mol. The number of sulfonamides is 1. The molecule has 0 saturated carbocycles. The Bertz CT molecular complexity index is 1010. The molecule has 0 aliphatic rings. The molecule has 0 saturated heterocycles. The molecule has 0 aliphatic carbocycles. The van der Waals surface area contributed by atoms with Gasteiger partial charge in [0.15, 0.2) is 5.11 Å². The van der Waals surface area contributed by atoms with Crippen LogP contribution in [0, 0.1) is 0 Å². The molecule has 2 rings (SSSR count). The van der Waals surface area contributed by atoms with Crippen molar-refractivity contribution in [3.63, 3.8) is 0 Å². The topological polar surface area (TPSA) is 87.7 Å².